The number of carboxylic acid groups (broad SMARTS) is 1. The quantitative estimate of drug-likeness (QED) is 0.824. The molecule has 1 aromatic carbocycles. The number of carbonyl (C=O) groups is 3. The van der Waals surface area contributed by atoms with Crippen LogP contribution in [0.1, 0.15) is 5.56 Å². The number of carboxylic acids is 1. The highest BCUT2D eigenvalue weighted by Crippen LogP contribution is 2.15. The molecule has 0 unspecified atom stereocenters. The van der Waals surface area contributed by atoms with E-state index in [4.69, 9.17) is 9.84 Å². The largest absolute Gasteiger partial charge is 0.480 e. The maximum Gasteiger partial charge on any atom is 0.323 e. The van der Waals surface area contributed by atoms with E-state index in [9.17, 15) is 14.4 Å². The summed E-state index contributed by atoms with van der Waals surface area (Å²) in [6, 6.07) is 8.51. The molecule has 118 valence electrons. The van der Waals surface area contributed by atoms with E-state index in [1.807, 2.05) is 30.3 Å². The second kappa shape index (κ2) is 7.04. The van der Waals surface area contributed by atoms with Gasteiger partial charge in [-0.2, -0.15) is 0 Å². The Labute approximate surface area is 128 Å². The highest BCUT2D eigenvalue weighted by Gasteiger charge is 2.35. The highest BCUT2D eigenvalue weighted by molar-refractivity contribution is 5.90. The van der Waals surface area contributed by atoms with E-state index >= 15 is 0 Å². The second-order valence-electron chi connectivity index (χ2n) is 5.13. The van der Waals surface area contributed by atoms with Crippen LogP contribution in [-0.4, -0.2) is 65.5 Å². The number of hydrogen-bond acceptors (Lipinski definition) is 4. The zero-order valence-corrected chi connectivity index (χ0v) is 12.3. The predicted molar refractivity (Wildman–Crippen MR) is 76.9 cm³/mol. The number of benzene rings is 1. The molecule has 0 aliphatic carbocycles. The van der Waals surface area contributed by atoms with E-state index in [1.54, 1.807) is 0 Å². The maximum absolute atomic E-state index is 12.4. The van der Waals surface area contributed by atoms with Gasteiger partial charge >= 0.3 is 5.97 Å². The molecule has 22 heavy (non-hydrogen) atoms. The molecule has 1 aromatic rings. The van der Waals surface area contributed by atoms with E-state index in [0.717, 1.165) is 10.5 Å². The second-order valence-corrected chi connectivity index (χ2v) is 5.13. The van der Waals surface area contributed by atoms with Gasteiger partial charge in [0, 0.05) is 13.6 Å². The van der Waals surface area contributed by atoms with Gasteiger partial charge in [-0.3, -0.25) is 14.4 Å². The summed E-state index contributed by atoms with van der Waals surface area (Å²) in [6.07, 6.45) is 0. The Hall–Kier alpha value is -2.41. The Morgan fingerprint density at radius 2 is 2.05 bits per heavy atom. The van der Waals surface area contributed by atoms with E-state index in [2.05, 4.69) is 0 Å². The van der Waals surface area contributed by atoms with Crippen molar-refractivity contribution in [2.45, 2.75) is 12.6 Å². The lowest BCUT2D eigenvalue weighted by Crippen LogP contribution is -2.56. The van der Waals surface area contributed by atoms with Gasteiger partial charge in [-0.05, 0) is 5.56 Å². The van der Waals surface area contributed by atoms with Crippen molar-refractivity contribution >= 4 is 17.8 Å². The van der Waals surface area contributed by atoms with Gasteiger partial charge in [0.05, 0.1) is 6.61 Å². The lowest BCUT2D eigenvalue weighted by atomic mass is 10.1. The van der Waals surface area contributed by atoms with Crippen LogP contribution in [0.15, 0.2) is 30.3 Å². The average molecular weight is 306 g/mol. The lowest BCUT2D eigenvalue weighted by Gasteiger charge is -2.36. The molecule has 1 fully saturated rings. The summed E-state index contributed by atoms with van der Waals surface area (Å²) in [7, 11) is 1.40. The van der Waals surface area contributed by atoms with E-state index in [0.29, 0.717) is 6.54 Å². The Balaban J connectivity index is 2.14. The lowest BCUT2D eigenvalue weighted by molar-refractivity contribution is -0.160. The molecule has 1 N–H and O–H groups in total. The first kappa shape index (κ1) is 16.0. The SMILES string of the molecule is CN(CC(=O)O)C(=O)[C@H]1COCC(=O)N1Cc1ccccc1. The van der Waals surface area contributed by atoms with Crippen LogP contribution in [0.4, 0.5) is 0 Å². The van der Waals surface area contributed by atoms with Crippen molar-refractivity contribution in [2.75, 3.05) is 26.8 Å². The normalized spacial score (nSPS) is 18.1. The first-order valence-corrected chi connectivity index (χ1v) is 6.87. The molecule has 7 nitrogen and oxygen atoms in total. The molecule has 0 radical (unpaired) electrons. The summed E-state index contributed by atoms with van der Waals surface area (Å²) >= 11 is 0. The highest BCUT2D eigenvalue weighted by atomic mass is 16.5. The minimum Gasteiger partial charge on any atom is -0.480 e. The maximum atomic E-state index is 12.4. The monoisotopic (exact) mass is 306 g/mol. The molecule has 1 atom stereocenters. The number of hydrogen-bond donors (Lipinski definition) is 1. The first-order chi connectivity index (χ1) is 10.5. The van der Waals surface area contributed by atoms with Crippen molar-refractivity contribution in [2.24, 2.45) is 0 Å². The molecule has 1 aliphatic rings. The Morgan fingerprint density at radius 3 is 2.68 bits per heavy atom. The van der Waals surface area contributed by atoms with E-state index < -0.39 is 24.5 Å². The summed E-state index contributed by atoms with van der Waals surface area (Å²) in [4.78, 5) is 37.7. The molecule has 2 amide bonds. The van der Waals surface area contributed by atoms with Crippen molar-refractivity contribution < 1.29 is 24.2 Å². The molecular weight excluding hydrogens is 288 g/mol. The summed E-state index contributed by atoms with van der Waals surface area (Å²) in [5, 5.41) is 8.78. The molecule has 0 spiro atoms. The molecule has 1 saturated heterocycles. The fourth-order valence-corrected chi connectivity index (χ4v) is 2.32. The molecular formula is C15H18N2O5. The molecule has 0 aromatic heterocycles. The molecule has 0 bridgehead atoms. The number of amides is 2. The van der Waals surface area contributed by atoms with Crippen molar-refractivity contribution in [3.8, 4) is 0 Å². The van der Waals surface area contributed by atoms with Crippen molar-refractivity contribution in [3.05, 3.63) is 35.9 Å². The van der Waals surface area contributed by atoms with Crippen LogP contribution in [-0.2, 0) is 25.7 Å². The van der Waals surface area contributed by atoms with Gasteiger partial charge < -0.3 is 19.6 Å². The molecule has 2 rings (SSSR count). The zero-order valence-electron chi connectivity index (χ0n) is 12.3. The van der Waals surface area contributed by atoms with Gasteiger partial charge in [0.15, 0.2) is 0 Å². The van der Waals surface area contributed by atoms with Gasteiger partial charge in [0.25, 0.3) is 0 Å². The number of nitrogens with zero attached hydrogens (tertiary/aromatic N) is 2. The fraction of sp³-hybridized carbons (Fsp3) is 0.400. The van der Waals surface area contributed by atoms with Crippen LogP contribution in [0, 0.1) is 0 Å². The third kappa shape index (κ3) is 3.82. The Morgan fingerprint density at radius 1 is 1.36 bits per heavy atom. The summed E-state index contributed by atoms with van der Waals surface area (Å²) in [5.74, 6) is -1.82. The zero-order chi connectivity index (χ0) is 16.1. The van der Waals surface area contributed by atoms with E-state index in [-0.39, 0.29) is 19.1 Å². The third-order valence-corrected chi connectivity index (χ3v) is 3.43. The van der Waals surface area contributed by atoms with Gasteiger partial charge in [-0.15, -0.1) is 0 Å². The van der Waals surface area contributed by atoms with Gasteiger partial charge in [0.1, 0.15) is 19.2 Å². The van der Waals surface area contributed by atoms with Gasteiger partial charge in [-0.1, -0.05) is 30.3 Å². The molecule has 7 heteroatoms. The van der Waals surface area contributed by atoms with Crippen LogP contribution in [0.2, 0.25) is 0 Å². The first-order valence-electron chi connectivity index (χ1n) is 6.87. The topological polar surface area (TPSA) is 87.1 Å². The van der Waals surface area contributed by atoms with Gasteiger partial charge in [0.2, 0.25) is 11.8 Å². The molecule has 0 saturated carbocycles. The van der Waals surface area contributed by atoms with Crippen LogP contribution >= 0.6 is 0 Å². The number of carbonyl (C=O) groups excluding carboxylic acids is 2. The standard InChI is InChI=1S/C15H18N2O5/c1-16(8-14(19)20)15(21)12-9-22-10-13(18)17(12)7-11-5-3-2-4-6-11/h2-6,12H,7-10H2,1H3,(H,19,20)/t12-/m1/s1. The number of rotatable bonds is 5. The van der Waals surface area contributed by atoms with E-state index in [1.165, 1.54) is 11.9 Å². The Bertz CT molecular complexity index is 560. The average Bonchev–Trinajstić information content (AvgIpc) is 2.49. The van der Waals surface area contributed by atoms with Crippen LogP contribution < -0.4 is 0 Å². The van der Waals surface area contributed by atoms with Crippen LogP contribution in [0.5, 0.6) is 0 Å². The number of likely N-dealkylation sites (N-methyl/N-ethyl adjacent to an activating group) is 1. The minimum absolute atomic E-state index is 0.0702. The molecule has 1 aliphatic heterocycles. The van der Waals surface area contributed by atoms with Gasteiger partial charge in [-0.25, -0.2) is 0 Å². The van der Waals surface area contributed by atoms with Crippen molar-refractivity contribution in [1.82, 2.24) is 9.80 Å². The van der Waals surface area contributed by atoms with Crippen molar-refractivity contribution in [1.29, 1.82) is 0 Å². The number of aliphatic carboxylic acids is 1. The number of morpholine rings is 1. The van der Waals surface area contributed by atoms with Crippen LogP contribution in [0.25, 0.3) is 0 Å². The Kier molecular flexibility index (Phi) is 5.11. The minimum atomic E-state index is -1.10. The summed E-state index contributed by atoms with van der Waals surface area (Å²) < 4.78 is 5.15. The van der Waals surface area contributed by atoms with Crippen LogP contribution in [0.3, 0.4) is 0 Å². The predicted octanol–water partition coefficient (Wildman–Crippen LogP) is -0.0430. The summed E-state index contributed by atoms with van der Waals surface area (Å²) in [5.41, 5.74) is 0.899. The van der Waals surface area contributed by atoms with Crippen molar-refractivity contribution in [3.63, 3.8) is 0 Å². The number of ether oxygens (including phenoxy) is 1. The third-order valence-electron chi connectivity index (χ3n) is 3.43. The fourth-order valence-electron chi connectivity index (χ4n) is 2.32. The summed E-state index contributed by atoms with van der Waals surface area (Å²) in [6.45, 7) is -0.121. The molecule has 1 heterocycles. The smallest absolute Gasteiger partial charge is 0.323 e.